The molecule has 0 bridgehead atoms. The van der Waals surface area contributed by atoms with Crippen LogP contribution in [0, 0.1) is 23.5 Å². The lowest BCUT2D eigenvalue weighted by Gasteiger charge is -2.28. The van der Waals surface area contributed by atoms with Crippen LogP contribution in [-0.4, -0.2) is 18.2 Å². The van der Waals surface area contributed by atoms with Crippen LogP contribution in [0.3, 0.4) is 0 Å². The number of rotatable bonds is 4. The number of ether oxygens (including phenoxy) is 1. The topological polar surface area (TPSA) is 47.3 Å². The van der Waals surface area contributed by atoms with Crippen LogP contribution in [0.25, 0.3) is 0 Å². The molecule has 1 heterocycles. The average Bonchev–Trinajstić information content (AvgIpc) is 2.66. The van der Waals surface area contributed by atoms with E-state index in [0.29, 0.717) is 17.9 Å². The van der Waals surface area contributed by atoms with Crippen LogP contribution in [0.4, 0.5) is 8.78 Å². The molecule has 0 saturated carbocycles. The van der Waals surface area contributed by atoms with E-state index in [-0.39, 0.29) is 24.2 Å². The number of hydrogen-bond donors (Lipinski definition) is 2. The molecular weight excluding hydrogens is 262 g/mol. The van der Waals surface area contributed by atoms with Crippen molar-refractivity contribution >= 4 is 0 Å². The molecule has 1 aromatic rings. The van der Waals surface area contributed by atoms with E-state index in [1.807, 2.05) is 13.8 Å². The summed E-state index contributed by atoms with van der Waals surface area (Å²) in [5.74, 6) is 4.49. The Bertz CT molecular complexity index is 469. The van der Waals surface area contributed by atoms with Gasteiger partial charge in [0.1, 0.15) is 0 Å². The van der Waals surface area contributed by atoms with Crippen molar-refractivity contribution in [2.75, 3.05) is 0 Å². The Morgan fingerprint density at radius 3 is 2.50 bits per heavy atom. The van der Waals surface area contributed by atoms with Gasteiger partial charge in [0, 0.05) is 12.0 Å². The number of nitrogens with two attached hydrogens (primary N) is 1. The van der Waals surface area contributed by atoms with Crippen molar-refractivity contribution in [1.29, 1.82) is 0 Å². The third kappa shape index (κ3) is 2.85. The number of halogens is 2. The normalized spacial score (nSPS) is 31.5. The minimum absolute atomic E-state index is 0.0395. The van der Waals surface area contributed by atoms with Crippen molar-refractivity contribution in [3.05, 3.63) is 35.4 Å². The predicted molar refractivity (Wildman–Crippen MR) is 73.8 cm³/mol. The maximum Gasteiger partial charge on any atom is 0.162 e. The smallest absolute Gasteiger partial charge is 0.162 e. The Morgan fingerprint density at radius 1 is 1.25 bits per heavy atom. The Kier molecular flexibility index (Phi) is 4.73. The highest BCUT2D eigenvalue weighted by Crippen LogP contribution is 2.35. The van der Waals surface area contributed by atoms with E-state index < -0.39 is 11.6 Å². The fourth-order valence-corrected chi connectivity index (χ4v) is 3.24. The van der Waals surface area contributed by atoms with Gasteiger partial charge in [-0.3, -0.25) is 11.3 Å². The Labute approximate surface area is 118 Å². The summed E-state index contributed by atoms with van der Waals surface area (Å²) in [5.41, 5.74) is 3.09. The third-order valence-electron chi connectivity index (χ3n) is 4.47. The van der Waals surface area contributed by atoms with Crippen molar-refractivity contribution in [3.8, 4) is 0 Å². The minimum atomic E-state index is -0.824. The summed E-state index contributed by atoms with van der Waals surface area (Å²) in [5, 5.41) is 0. The van der Waals surface area contributed by atoms with E-state index in [1.54, 1.807) is 6.07 Å². The van der Waals surface area contributed by atoms with E-state index in [1.165, 1.54) is 6.07 Å². The van der Waals surface area contributed by atoms with Crippen molar-refractivity contribution in [2.45, 2.75) is 45.4 Å². The summed E-state index contributed by atoms with van der Waals surface area (Å²) < 4.78 is 32.9. The molecule has 1 aromatic carbocycles. The van der Waals surface area contributed by atoms with Crippen molar-refractivity contribution in [1.82, 2.24) is 5.43 Å². The molecule has 0 aromatic heterocycles. The maximum atomic E-state index is 13.8. The fraction of sp³-hybridized carbons (Fsp3) is 0.600. The molecular formula is C15H22F2N2O. The monoisotopic (exact) mass is 284 g/mol. The van der Waals surface area contributed by atoms with Crippen LogP contribution in [0.2, 0.25) is 0 Å². The molecule has 0 radical (unpaired) electrons. The van der Waals surface area contributed by atoms with Gasteiger partial charge in [0.2, 0.25) is 0 Å². The standard InChI is InChI=1S/C15H22F2N2O/c1-8-9(2)20-10(3)14(8)13(19-18)7-11-5-4-6-12(16)15(11)17/h4-6,8-10,13-14,19H,7,18H2,1-3H3. The van der Waals surface area contributed by atoms with Crippen LogP contribution in [0.1, 0.15) is 26.3 Å². The number of benzene rings is 1. The van der Waals surface area contributed by atoms with Crippen LogP contribution in [0.5, 0.6) is 0 Å². The zero-order valence-corrected chi connectivity index (χ0v) is 12.1. The molecule has 112 valence electrons. The molecule has 0 aliphatic carbocycles. The SMILES string of the molecule is CC1OC(C)C(C(Cc2cccc(F)c2F)NN)C1C. The Balaban J connectivity index is 2.19. The first kappa shape index (κ1) is 15.4. The van der Waals surface area contributed by atoms with Gasteiger partial charge in [-0.15, -0.1) is 0 Å². The highest BCUT2D eigenvalue weighted by atomic mass is 19.2. The molecule has 5 atom stereocenters. The van der Waals surface area contributed by atoms with Gasteiger partial charge in [-0.25, -0.2) is 8.78 Å². The lowest BCUT2D eigenvalue weighted by molar-refractivity contribution is 0.0475. The number of nitrogens with one attached hydrogen (secondary N) is 1. The summed E-state index contributed by atoms with van der Waals surface area (Å²) in [6.45, 7) is 6.12. The van der Waals surface area contributed by atoms with E-state index in [2.05, 4.69) is 12.3 Å². The fourth-order valence-electron chi connectivity index (χ4n) is 3.24. The maximum absolute atomic E-state index is 13.8. The van der Waals surface area contributed by atoms with Gasteiger partial charge < -0.3 is 4.74 Å². The van der Waals surface area contributed by atoms with Gasteiger partial charge in [-0.05, 0) is 37.8 Å². The van der Waals surface area contributed by atoms with Crippen molar-refractivity contribution in [2.24, 2.45) is 17.7 Å². The molecule has 0 amide bonds. The largest absolute Gasteiger partial charge is 0.375 e. The van der Waals surface area contributed by atoms with Gasteiger partial charge in [0.25, 0.3) is 0 Å². The number of hydrazine groups is 1. The van der Waals surface area contributed by atoms with Crippen molar-refractivity contribution in [3.63, 3.8) is 0 Å². The molecule has 1 fully saturated rings. The summed E-state index contributed by atoms with van der Waals surface area (Å²) in [4.78, 5) is 0. The lowest BCUT2D eigenvalue weighted by Crippen LogP contribution is -2.47. The van der Waals surface area contributed by atoms with E-state index in [9.17, 15) is 8.78 Å². The first-order valence-electron chi connectivity index (χ1n) is 7.00. The van der Waals surface area contributed by atoms with Gasteiger partial charge in [-0.1, -0.05) is 19.1 Å². The molecule has 3 nitrogen and oxygen atoms in total. The van der Waals surface area contributed by atoms with E-state index in [0.717, 1.165) is 6.07 Å². The second-order valence-electron chi connectivity index (χ2n) is 5.67. The molecule has 0 spiro atoms. The summed E-state index contributed by atoms with van der Waals surface area (Å²) in [7, 11) is 0. The summed E-state index contributed by atoms with van der Waals surface area (Å²) >= 11 is 0. The molecule has 3 N–H and O–H groups in total. The molecule has 1 aliphatic heterocycles. The first-order valence-corrected chi connectivity index (χ1v) is 7.00. The second kappa shape index (κ2) is 6.16. The predicted octanol–water partition coefficient (Wildman–Crippen LogP) is 2.40. The third-order valence-corrected chi connectivity index (χ3v) is 4.47. The lowest BCUT2D eigenvalue weighted by atomic mass is 9.81. The highest BCUT2D eigenvalue weighted by molar-refractivity contribution is 5.20. The van der Waals surface area contributed by atoms with Crippen molar-refractivity contribution < 1.29 is 13.5 Å². The van der Waals surface area contributed by atoms with Crippen LogP contribution in [0.15, 0.2) is 18.2 Å². The quantitative estimate of drug-likeness (QED) is 0.659. The molecule has 20 heavy (non-hydrogen) atoms. The highest BCUT2D eigenvalue weighted by Gasteiger charge is 2.41. The molecule has 5 unspecified atom stereocenters. The molecule has 1 saturated heterocycles. The molecule has 1 aliphatic rings. The average molecular weight is 284 g/mol. The molecule has 5 heteroatoms. The van der Waals surface area contributed by atoms with Gasteiger partial charge >= 0.3 is 0 Å². The summed E-state index contributed by atoms with van der Waals surface area (Å²) in [6, 6.07) is 4.08. The van der Waals surface area contributed by atoms with Crippen LogP contribution in [-0.2, 0) is 11.2 Å². The van der Waals surface area contributed by atoms with Gasteiger partial charge in [0.15, 0.2) is 11.6 Å². The van der Waals surface area contributed by atoms with E-state index >= 15 is 0 Å². The Morgan fingerprint density at radius 2 is 1.95 bits per heavy atom. The minimum Gasteiger partial charge on any atom is -0.375 e. The van der Waals surface area contributed by atoms with Gasteiger partial charge in [0.05, 0.1) is 12.2 Å². The Hall–Kier alpha value is -1.04. The van der Waals surface area contributed by atoms with Gasteiger partial charge in [-0.2, -0.15) is 0 Å². The molecule has 2 rings (SSSR count). The first-order chi connectivity index (χ1) is 9.45. The van der Waals surface area contributed by atoms with E-state index in [4.69, 9.17) is 10.6 Å². The second-order valence-corrected chi connectivity index (χ2v) is 5.67. The summed E-state index contributed by atoms with van der Waals surface area (Å²) in [6.07, 6.45) is 0.524. The zero-order valence-electron chi connectivity index (χ0n) is 12.1. The zero-order chi connectivity index (χ0) is 14.9. The number of hydrogen-bond acceptors (Lipinski definition) is 3. The van der Waals surface area contributed by atoms with Crippen LogP contribution < -0.4 is 11.3 Å². The van der Waals surface area contributed by atoms with Crippen LogP contribution >= 0.6 is 0 Å².